The molecule has 120 valence electrons. The summed E-state index contributed by atoms with van der Waals surface area (Å²) in [5.41, 5.74) is 3.70. The van der Waals surface area contributed by atoms with Crippen LogP contribution in [0.3, 0.4) is 0 Å². The number of carbonyl (C=O) groups excluding carboxylic acids is 1. The number of nitrogens with one attached hydrogen (secondary N) is 1. The van der Waals surface area contributed by atoms with E-state index in [1.165, 1.54) is 0 Å². The van der Waals surface area contributed by atoms with Crippen LogP contribution in [0.2, 0.25) is 0 Å². The number of benzene rings is 1. The highest BCUT2D eigenvalue weighted by Gasteiger charge is 2.17. The highest BCUT2D eigenvalue weighted by atomic mass is 16.3. The van der Waals surface area contributed by atoms with Gasteiger partial charge in [-0.2, -0.15) is 0 Å². The lowest BCUT2D eigenvalue weighted by Gasteiger charge is -2.07. The van der Waals surface area contributed by atoms with Crippen LogP contribution in [0.5, 0.6) is 0 Å². The molecule has 0 aliphatic rings. The molecule has 0 atom stereocenters. The largest absolute Gasteiger partial charge is 0.466 e. The van der Waals surface area contributed by atoms with Crippen molar-refractivity contribution in [2.24, 2.45) is 0 Å². The highest BCUT2D eigenvalue weighted by molar-refractivity contribution is 5.96. The molecule has 3 aromatic rings. The number of carbonyl (C=O) groups is 1. The first kappa shape index (κ1) is 15.3. The van der Waals surface area contributed by atoms with E-state index in [9.17, 15) is 4.79 Å². The Morgan fingerprint density at radius 3 is 2.74 bits per heavy atom. The van der Waals surface area contributed by atoms with Crippen molar-refractivity contribution in [2.45, 2.75) is 33.7 Å². The van der Waals surface area contributed by atoms with Crippen LogP contribution in [-0.4, -0.2) is 22.0 Å². The van der Waals surface area contributed by atoms with E-state index in [2.05, 4.69) is 20.9 Å². The third-order valence-electron chi connectivity index (χ3n) is 4.18. The standard InChI is InChI=1S/C18H21N3O2/c1-12-13(2)23-14(3)17(12)18(22)19-9-6-10-21-11-20-15-7-4-5-8-16(15)21/h4-5,7-8,11H,6,9-10H2,1-3H3,(H,19,22). The van der Waals surface area contributed by atoms with Gasteiger partial charge in [-0.1, -0.05) is 12.1 Å². The lowest BCUT2D eigenvalue weighted by molar-refractivity contribution is 0.0950. The Kier molecular flexibility index (Phi) is 4.19. The summed E-state index contributed by atoms with van der Waals surface area (Å²) in [4.78, 5) is 16.7. The van der Waals surface area contributed by atoms with Crippen molar-refractivity contribution in [2.75, 3.05) is 6.54 Å². The van der Waals surface area contributed by atoms with Crippen molar-refractivity contribution < 1.29 is 9.21 Å². The Bertz CT molecular complexity index is 845. The van der Waals surface area contributed by atoms with Crippen molar-refractivity contribution in [1.29, 1.82) is 0 Å². The molecule has 2 heterocycles. The molecule has 5 heteroatoms. The van der Waals surface area contributed by atoms with Gasteiger partial charge in [0.2, 0.25) is 0 Å². The Balaban J connectivity index is 1.56. The molecule has 0 fully saturated rings. The molecule has 0 aliphatic carbocycles. The zero-order valence-corrected chi connectivity index (χ0v) is 13.7. The predicted octanol–water partition coefficient (Wildman–Crippen LogP) is 3.37. The molecule has 0 saturated heterocycles. The lowest BCUT2D eigenvalue weighted by atomic mass is 10.1. The minimum Gasteiger partial charge on any atom is -0.466 e. The number of fused-ring (bicyclic) bond motifs is 1. The summed E-state index contributed by atoms with van der Waals surface area (Å²) in [6.45, 7) is 7.06. The van der Waals surface area contributed by atoms with Crippen LogP contribution in [0, 0.1) is 20.8 Å². The van der Waals surface area contributed by atoms with E-state index in [1.807, 2.05) is 45.3 Å². The summed E-state index contributed by atoms with van der Waals surface area (Å²) in [5.74, 6) is 1.42. The highest BCUT2D eigenvalue weighted by Crippen LogP contribution is 2.20. The van der Waals surface area contributed by atoms with Crippen LogP contribution in [0.25, 0.3) is 11.0 Å². The van der Waals surface area contributed by atoms with Crippen LogP contribution in [-0.2, 0) is 6.54 Å². The Morgan fingerprint density at radius 2 is 2.00 bits per heavy atom. The second-order valence-electron chi connectivity index (χ2n) is 5.75. The molecule has 0 aliphatic heterocycles. The number of hydrogen-bond donors (Lipinski definition) is 1. The van der Waals surface area contributed by atoms with Crippen molar-refractivity contribution in [3.63, 3.8) is 0 Å². The quantitative estimate of drug-likeness (QED) is 0.735. The van der Waals surface area contributed by atoms with Crippen LogP contribution >= 0.6 is 0 Å². The van der Waals surface area contributed by atoms with Crippen LogP contribution in [0.15, 0.2) is 35.0 Å². The monoisotopic (exact) mass is 311 g/mol. The van der Waals surface area contributed by atoms with Gasteiger partial charge in [-0.3, -0.25) is 4.79 Å². The molecule has 23 heavy (non-hydrogen) atoms. The number of aryl methyl sites for hydroxylation is 3. The average molecular weight is 311 g/mol. The molecule has 1 amide bonds. The molecule has 0 spiro atoms. The number of amides is 1. The molecule has 5 nitrogen and oxygen atoms in total. The molecule has 0 unspecified atom stereocenters. The Hall–Kier alpha value is -2.56. The molecule has 1 aromatic carbocycles. The number of furan rings is 1. The molecule has 0 saturated carbocycles. The van der Waals surface area contributed by atoms with Crippen LogP contribution < -0.4 is 5.32 Å². The summed E-state index contributed by atoms with van der Waals surface area (Å²) in [6.07, 6.45) is 2.70. The van der Waals surface area contributed by atoms with Gasteiger partial charge in [-0.25, -0.2) is 4.98 Å². The summed E-state index contributed by atoms with van der Waals surface area (Å²) in [6, 6.07) is 8.05. The number of hydrogen-bond acceptors (Lipinski definition) is 3. The molecule has 3 rings (SSSR count). The molecular formula is C18H21N3O2. The van der Waals surface area contributed by atoms with E-state index in [-0.39, 0.29) is 5.91 Å². The van der Waals surface area contributed by atoms with Gasteiger partial charge in [0.25, 0.3) is 5.91 Å². The van der Waals surface area contributed by atoms with E-state index < -0.39 is 0 Å². The molecule has 2 aromatic heterocycles. The van der Waals surface area contributed by atoms with E-state index in [0.717, 1.165) is 35.3 Å². The SMILES string of the molecule is Cc1oc(C)c(C(=O)NCCCn2cnc3ccccc32)c1C. The number of imidazole rings is 1. The van der Waals surface area contributed by atoms with Gasteiger partial charge in [0, 0.05) is 18.7 Å². The lowest BCUT2D eigenvalue weighted by Crippen LogP contribution is -2.26. The maximum absolute atomic E-state index is 12.3. The first-order valence-electron chi connectivity index (χ1n) is 7.82. The summed E-state index contributed by atoms with van der Waals surface area (Å²) in [5, 5.41) is 2.97. The van der Waals surface area contributed by atoms with Crippen molar-refractivity contribution in [3.05, 3.63) is 53.2 Å². The van der Waals surface area contributed by atoms with E-state index >= 15 is 0 Å². The van der Waals surface area contributed by atoms with Gasteiger partial charge in [0.1, 0.15) is 11.5 Å². The van der Waals surface area contributed by atoms with E-state index in [4.69, 9.17) is 4.42 Å². The third kappa shape index (κ3) is 2.99. The minimum atomic E-state index is -0.0626. The molecule has 0 radical (unpaired) electrons. The van der Waals surface area contributed by atoms with Crippen molar-refractivity contribution >= 4 is 16.9 Å². The van der Waals surface area contributed by atoms with E-state index in [0.29, 0.717) is 17.9 Å². The number of para-hydroxylation sites is 2. The predicted molar refractivity (Wildman–Crippen MR) is 89.6 cm³/mol. The first-order valence-corrected chi connectivity index (χ1v) is 7.82. The van der Waals surface area contributed by atoms with Crippen LogP contribution in [0.1, 0.15) is 33.9 Å². The average Bonchev–Trinajstić information content (AvgIpc) is 3.05. The zero-order chi connectivity index (χ0) is 16.4. The second-order valence-corrected chi connectivity index (χ2v) is 5.75. The maximum Gasteiger partial charge on any atom is 0.255 e. The van der Waals surface area contributed by atoms with Gasteiger partial charge in [-0.15, -0.1) is 0 Å². The number of nitrogens with zero attached hydrogens (tertiary/aromatic N) is 2. The van der Waals surface area contributed by atoms with Crippen molar-refractivity contribution in [1.82, 2.24) is 14.9 Å². The van der Waals surface area contributed by atoms with Crippen LogP contribution in [0.4, 0.5) is 0 Å². The van der Waals surface area contributed by atoms with Gasteiger partial charge >= 0.3 is 0 Å². The normalized spacial score (nSPS) is 11.1. The minimum absolute atomic E-state index is 0.0626. The topological polar surface area (TPSA) is 60.1 Å². The molecule has 1 N–H and O–H groups in total. The number of rotatable bonds is 5. The fourth-order valence-corrected chi connectivity index (χ4v) is 2.86. The van der Waals surface area contributed by atoms with Crippen molar-refractivity contribution in [3.8, 4) is 0 Å². The fraction of sp³-hybridized carbons (Fsp3) is 0.333. The van der Waals surface area contributed by atoms with Gasteiger partial charge in [-0.05, 0) is 39.3 Å². The maximum atomic E-state index is 12.3. The fourth-order valence-electron chi connectivity index (χ4n) is 2.86. The Labute approximate surface area is 135 Å². The molecular weight excluding hydrogens is 290 g/mol. The third-order valence-corrected chi connectivity index (χ3v) is 4.18. The van der Waals surface area contributed by atoms with Gasteiger partial charge in [0.05, 0.1) is 22.9 Å². The first-order chi connectivity index (χ1) is 11.1. The second kappa shape index (κ2) is 6.28. The van der Waals surface area contributed by atoms with E-state index in [1.54, 1.807) is 0 Å². The zero-order valence-electron chi connectivity index (χ0n) is 13.7. The smallest absolute Gasteiger partial charge is 0.255 e. The van der Waals surface area contributed by atoms with Gasteiger partial charge in [0.15, 0.2) is 0 Å². The summed E-state index contributed by atoms with van der Waals surface area (Å²) in [7, 11) is 0. The summed E-state index contributed by atoms with van der Waals surface area (Å²) < 4.78 is 7.62. The summed E-state index contributed by atoms with van der Waals surface area (Å²) >= 11 is 0. The van der Waals surface area contributed by atoms with Gasteiger partial charge < -0.3 is 14.3 Å². The Morgan fingerprint density at radius 1 is 1.22 bits per heavy atom. The molecule has 0 bridgehead atoms. The number of aromatic nitrogens is 2.